The van der Waals surface area contributed by atoms with E-state index in [1.54, 1.807) is 0 Å². The lowest BCUT2D eigenvalue weighted by Gasteiger charge is -2.30. The van der Waals surface area contributed by atoms with Crippen LogP contribution in [0.15, 0.2) is 279 Å². The largest absolute Gasteiger partial charge is 0.310 e. The standard InChI is InChI=1S/C75H52N4/c1-75(2)66-48-71(77(50-25-9-4-10-26-50)55-41-44-70-65(47-55)59-34-20-22-38-68(59)79(70)52-29-13-6-14-30-52)57-32-16-18-36-61(57)72(66)73-60-35-17-15-31-56(60)63-45-53(39-42-62(63)74(73)75)76(49-23-7-3-8-24-49)54-40-43-69-64(46-54)58-33-19-21-37-67(58)78(69)51-27-11-5-12-28-51/h3-48H,1-2H3. The van der Waals surface area contributed by atoms with E-state index in [-0.39, 0.29) is 5.41 Å². The van der Waals surface area contributed by atoms with Crippen molar-refractivity contribution in [2.75, 3.05) is 9.80 Å². The molecule has 1 aliphatic rings. The van der Waals surface area contributed by atoms with Crippen molar-refractivity contribution in [2.45, 2.75) is 19.3 Å². The fourth-order valence-corrected chi connectivity index (χ4v) is 13.6. The Morgan fingerprint density at radius 2 is 0.658 bits per heavy atom. The number of hydrogen-bond donors (Lipinski definition) is 0. The van der Waals surface area contributed by atoms with E-state index in [2.05, 4.69) is 312 Å². The molecule has 4 nitrogen and oxygen atoms in total. The van der Waals surface area contributed by atoms with Crippen LogP contribution in [-0.2, 0) is 5.41 Å². The first kappa shape index (κ1) is 45.1. The van der Waals surface area contributed by atoms with E-state index in [4.69, 9.17) is 0 Å². The van der Waals surface area contributed by atoms with Crippen LogP contribution in [0.4, 0.5) is 34.1 Å². The molecule has 0 radical (unpaired) electrons. The molecule has 4 heteroatoms. The number of rotatable bonds is 8. The third-order valence-electron chi connectivity index (χ3n) is 17.0. The van der Waals surface area contributed by atoms with Gasteiger partial charge < -0.3 is 18.9 Å². The Labute approximate surface area is 458 Å². The van der Waals surface area contributed by atoms with Crippen LogP contribution < -0.4 is 9.80 Å². The first-order valence-electron chi connectivity index (χ1n) is 27.4. The van der Waals surface area contributed by atoms with Gasteiger partial charge in [-0.1, -0.05) is 178 Å². The van der Waals surface area contributed by atoms with Crippen LogP contribution in [0.1, 0.15) is 25.0 Å². The summed E-state index contributed by atoms with van der Waals surface area (Å²) >= 11 is 0. The average molecular weight is 1010 g/mol. The highest BCUT2D eigenvalue weighted by Gasteiger charge is 2.41. The molecule has 1 aliphatic carbocycles. The number of nitrogens with zero attached hydrogens (tertiary/aromatic N) is 4. The summed E-state index contributed by atoms with van der Waals surface area (Å²) in [6.45, 7) is 4.90. The second-order valence-corrected chi connectivity index (χ2v) is 21.6. The van der Waals surface area contributed by atoms with Gasteiger partial charge in [0.2, 0.25) is 0 Å². The summed E-state index contributed by atoms with van der Waals surface area (Å²) < 4.78 is 4.79. The number of benzene rings is 13. The highest BCUT2D eigenvalue weighted by molar-refractivity contribution is 6.23. The minimum atomic E-state index is -0.375. The van der Waals surface area contributed by atoms with Gasteiger partial charge in [-0.2, -0.15) is 0 Å². The quantitative estimate of drug-likeness (QED) is 0.141. The zero-order valence-corrected chi connectivity index (χ0v) is 43.8. The van der Waals surface area contributed by atoms with Crippen molar-refractivity contribution in [3.63, 3.8) is 0 Å². The fraction of sp³-hybridized carbons (Fsp3) is 0.0400. The molecule has 0 fully saturated rings. The number of fused-ring (bicyclic) bond motifs is 16. The Balaban J connectivity index is 0.897. The molecule has 2 aromatic heterocycles. The minimum absolute atomic E-state index is 0.375. The van der Waals surface area contributed by atoms with Gasteiger partial charge in [-0.3, -0.25) is 0 Å². The maximum Gasteiger partial charge on any atom is 0.0543 e. The minimum Gasteiger partial charge on any atom is -0.310 e. The van der Waals surface area contributed by atoms with Gasteiger partial charge in [0, 0.05) is 72.2 Å². The van der Waals surface area contributed by atoms with Gasteiger partial charge in [0.05, 0.1) is 27.8 Å². The summed E-state index contributed by atoms with van der Waals surface area (Å²) in [5.74, 6) is 0. The molecule has 2 heterocycles. The van der Waals surface area contributed by atoms with Crippen LogP contribution in [0.2, 0.25) is 0 Å². The molecule has 0 unspecified atom stereocenters. The number of aromatic nitrogens is 2. The number of para-hydroxylation sites is 6. The van der Waals surface area contributed by atoms with Gasteiger partial charge >= 0.3 is 0 Å². The lowest BCUT2D eigenvalue weighted by Crippen LogP contribution is -2.17. The van der Waals surface area contributed by atoms with Gasteiger partial charge in [-0.25, -0.2) is 0 Å². The predicted octanol–water partition coefficient (Wildman–Crippen LogP) is 20.6. The van der Waals surface area contributed by atoms with E-state index in [0.29, 0.717) is 0 Å². The zero-order chi connectivity index (χ0) is 52.3. The van der Waals surface area contributed by atoms with Crippen LogP contribution in [0.3, 0.4) is 0 Å². The zero-order valence-electron chi connectivity index (χ0n) is 43.8. The normalized spacial score (nSPS) is 12.8. The second kappa shape index (κ2) is 17.4. The van der Waals surface area contributed by atoms with E-state index in [1.807, 2.05) is 0 Å². The van der Waals surface area contributed by atoms with Gasteiger partial charge in [-0.05, 0) is 164 Å². The molecule has 0 saturated heterocycles. The summed E-state index contributed by atoms with van der Waals surface area (Å²) in [5.41, 5.74) is 18.7. The fourth-order valence-electron chi connectivity index (χ4n) is 13.6. The molecule has 15 aromatic rings. The predicted molar refractivity (Wildman–Crippen MR) is 335 cm³/mol. The molecular weight excluding hydrogens is 957 g/mol. The second-order valence-electron chi connectivity index (χ2n) is 21.6. The monoisotopic (exact) mass is 1010 g/mol. The Morgan fingerprint density at radius 1 is 0.266 bits per heavy atom. The summed E-state index contributed by atoms with van der Waals surface area (Å²) in [7, 11) is 0. The van der Waals surface area contributed by atoms with Crippen molar-refractivity contribution >= 4 is 110 Å². The number of anilines is 6. The summed E-state index contributed by atoms with van der Waals surface area (Å²) in [4.78, 5) is 4.93. The molecule has 16 rings (SSSR count). The van der Waals surface area contributed by atoms with Crippen molar-refractivity contribution in [2.24, 2.45) is 0 Å². The van der Waals surface area contributed by atoms with E-state index in [0.717, 1.165) is 45.5 Å². The smallest absolute Gasteiger partial charge is 0.0543 e. The van der Waals surface area contributed by atoms with Crippen LogP contribution >= 0.6 is 0 Å². The molecule has 0 saturated carbocycles. The summed E-state index contributed by atoms with van der Waals surface area (Å²) in [6.07, 6.45) is 0. The molecule has 0 spiro atoms. The SMILES string of the molecule is CC1(C)c2cc(N(c3ccccc3)c3ccc4c(c3)c3ccccc3n4-c3ccccc3)c3ccccc3c2-c2c1c1ccc(N(c3ccccc3)c3ccc4c(c3)c3ccccc3n4-c3ccccc3)cc1c1ccccc21. The Hall–Kier alpha value is -10.2. The lowest BCUT2D eigenvalue weighted by atomic mass is 9.79. The molecule has 0 aliphatic heterocycles. The van der Waals surface area contributed by atoms with Crippen molar-refractivity contribution in [3.8, 4) is 22.5 Å². The molecule has 0 atom stereocenters. The van der Waals surface area contributed by atoms with E-state index in [1.165, 1.54) is 98.2 Å². The molecule has 0 N–H and O–H groups in total. The summed E-state index contributed by atoms with van der Waals surface area (Å²) in [6, 6.07) is 103. The molecule has 0 bridgehead atoms. The molecular formula is C75H52N4. The molecule has 0 amide bonds. The maximum absolute atomic E-state index is 2.53. The third-order valence-corrected chi connectivity index (χ3v) is 17.0. The maximum atomic E-state index is 2.53. The van der Waals surface area contributed by atoms with Gasteiger partial charge in [-0.15, -0.1) is 0 Å². The topological polar surface area (TPSA) is 16.3 Å². The Kier molecular flexibility index (Phi) is 9.95. The van der Waals surface area contributed by atoms with E-state index in [9.17, 15) is 0 Å². The van der Waals surface area contributed by atoms with Crippen LogP contribution in [0.25, 0.3) is 98.4 Å². The highest BCUT2D eigenvalue weighted by Crippen LogP contribution is 2.59. The van der Waals surface area contributed by atoms with Crippen molar-refractivity contribution in [3.05, 3.63) is 290 Å². The third kappa shape index (κ3) is 6.74. The highest BCUT2D eigenvalue weighted by atomic mass is 15.2. The number of hydrogen-bond acceptors (Lipinski definition) is 2. The average Bonchev–Trinajstić information content (AvgIpc) is 4.33. The molecule has 13 aromatic carbocycles. The van der Waals surface area contributed by atoms with Crippen LogP contribution in [0.5, 0.6) is 0 Å². The van der Waals surface area contributed by atoms with Crippen LogP contribution in [0, 0.1) is 0 Å². The lowest BCUT2D eigenvalue weighted by molar-refractivity contribution is 0.667. The van der Waals surface area contributed by atoms with E-state index < -0.39 is 0 Å². The molecule has 372 valence electrons. The first-order chi connectivity index (χ1) is 39.0. The van der Waals surface area contributed by atoms with Crippen molar-refractivity contribution in [1.29, 1.82) is 0 Å². The molecule has 79 heavy (non-hydrogen) atoms. The van der Waals surface area contributed by atoms with Gasteiger partial charge in [0.25, 0.3) is 0 Å². The Bertz CT molecular complexity index is 4920. The first-order valence-corrected chi connectivity index (χ1v) is 27.4. The van der Waals surface area contributed by atoms with Gasteiger partial charge in [0.1, 0.15) is 0 Å². The van der Waals surface area contributed by atoms with Gasteiger partial charge in [0.15, 0.2) is 0 Å². The van der Waals surface area contributed by atoms with Crippen molar-refractivity contribution in [1.82, 2.24) is 9.13 Å². The summed E-state index contributed by atoms with van der Waals surface area (Å²) in [5, 5.41) is 12.4. The van der Waals surface area contributed by atoms with Crippen molar-refractivity contribution < 1.29 is 0 Å². The Morgan fingerprint density at radius 3 is 1.20 bits per heavy atom. The van der Waals surface area contributed by atoms with Crippen LogP contribution in [-0.4, -0.2) is 9.13 Å². The van der Waals surface area contributed by atoms with E-state index >= 15 is 0 Å².